The molecule has 0 saturated carbocycles. The highest BCUT2D eigenvalue weighted by atomic mass is 16.5. The van der Waals surface area contributed by atoms with Crippen molar-refractivity contribution in [2.45, 2.75) is 20.1 Å². The topological polar surface area (TPSA) is 95.3 Å². The summed E-state index contributed by atoms with van der Waals surface area (Å²) in [5, 5.41) is 10.9. The molecule has 2 heterocycles. The van der Waals surface area contributed by atoms with Crippen LogP contribution in [0.4, 0.5) is 5.69 Å². The Morgan fingerprint density at radius 2 is 2.04 bits per heavy atom. The number of amides is 1. The van der Waals surface area contributed by atoms with Crippen molar-refractivity contribution in [3.8, 4) is 5.69 Å². The molecule has 0 fully saturated rings. The molecule has 1 aliphatic rings. The van der Waals surface area contributed by atoms with Gasteiger partial charge in [0.1, 0.15) is 12.3 Å². The van der Waals surface area contributed by atoms with E-state index in [4.69, 9.17) is 9.47 Å². The molecule has 0 radical (unpaired) electrons. The van der Waals surface area contributed by atoms with E-state index in [1.54, 1.807) is 30.0 Å². The van der Waals surface area contributed by atoms with Gasteiger partial charge >= 0.3 is 5.97 Å². The summed E-state index contributed by atoms with van der Waals surface area (Å²) in [6.45, 7) is 2.41. The van der Waals surface area contributed by atoms with Gasteiger partial charge in [0.25, 0.3) is 5.91 Å². The maximum absolute atomic E-state index is 12.8. The number of aryl methyl sites for hydroxylation is 1. The molecule has 2 aromatic carbocycles. The first-order valence-corrected chi connectivity index (χ1v) is 8.69. The summed E-state index contributed by atoms with van der Waals surface area (Å²) < 4.78 is 11.8. The highest BCUT2D eigenvalue weighted by Crippen LogP contribution is 2.24. The average Bonchev–Trinajstić information content (AvgIpc) is 3.27. The molecule has 8 nitrogen and oxygen atoms in total. The van der Waals surface area contributed by atoms with Crippen LogP contribution in [0.25, 0.3) is 5.69 Å². The minimum absolute atomic E-state index is 0.158. The smallest absolute Gasteiger partial charge is 0.338 e. The predicted octanol–water partition coefficient (Wildman–Crippen LogP) is 2.64. The van der Waals surface area contributed by atoms with E-state index >= 15 is 0 Å². The molecular weight excluding hydrogens is 360 g/mol. The maximum atomic E-state index is 12.8. The first kappa shape index (κ1) is 17.9. The van der Waals surface area contributed by atoms with Crippen molar-refractivity contribution in [1.29, 1.82) is 0 Å². The van der Waals surface area contributed by atoms with Crippen LogP contribution in [0.2, 0.25) is 0 Å². The number of benzene rings is 2. The van der Waals surface area contributed by atoms with Crippen LogP contribution in [0.5, 0.6) is 0 Å². The molecule has 0 aliphatic carbocycles. The third-order valence-electron chi connectivity index (χ3n) is 4.48. The summed E-state index contributed by atoms with van der Waals surface area (Å²) in [7, 11) is 1.54. The molecule has 0 unspecified atom stereocenters. The van der Waals surface area contributed by atoms with Crippen LogP contribution in [0.3, 0.4) is 0 Å². The number of hydrogen-bond donors (Lipinski definition) is 1. The Kier molecular flexibility index (Phi) is 4.62. The number of carbonyl (C=O) groups excluding carboxylic acids is 2. The molecule has 0 atom stereocenters. The summed E-state index contributed by atoms with van der Waals surface area (Å²) in [6.07, 6.45) is 0. The lowest BCUT2D eigenvalue weighted by atomic mass is 10.1. The zero-order valence-corrected chi connectivity index (χ0v) is 15.4. The number of fused-ring (bicyclic) bond motifs is 1. The average molecular weight is 378 g/mol. The Morgan fingerprint density at radius 1 is 1.25 bits per heavy atom. The summed E-state index contributed by atoms with van der Waals surface area (Å²) >= 11 is 0. The predicted molar refractivity (Wildman–Crippen MR) is 100 cm³/mol. The molecule has 4 rings (SSSR count). The Labute approximate surface area is 161 Å². The number of esters is 1. The Bertz CT molecular complexity index is 1060. The number of anilines is 1. The molecule has 0 bridgehead atoms. The Balaban J connectivity index is 1.63. The summed E-state index contributed by atoms with van der Waals surface area (Å²) in [5.74, 6) is -0.826. The van der Waals surface area contributed by atoms with Gasteiger partial charge in [-0.15, -0.1) is 5.10 Å². The maximum Gasteiger partial charge on any atom is 0.338 e. The third kappa shape index (κ3) is 3.25. The highest BCUT2D eigenvalue weighted by molar-refractivity contribution is 6.04. The first-order valence-electron chi connectivity index (χ1n) is 8.69. The van der Waals surface area contributed by atoms with Crippen molar-refractivity contribution in [2.24, 2.45) is 0 Å². The SMILES string of the molecule is COCc1c(C(=O)Nc2ccc3c(c2)C(=O)OC3)nnn1-c1ccc(C)cc1. The summed E-state index contributed by atoms with van der Waals surface area (Å²) in [4.78, 5) is 24.5. The van der Waals surface area contributed by atoms with Crippen LogP contribution < -0.4 is 5.32 Å². The standard InChI is InChI=1S/C20H18N4O4/c1-12-3-7-15(8-4-12)24-17(11-27-2)18(22-23-24)19(25)21-14-6-5-13-10-28-20(26)16(13)9-14/h3-9H,10-11H2,1-2H3,(H,21,25). The van der Waals surface area contributed by atoms with Crippen molar-refractivity contribution in [3.05, 3.63) is 70.5 Å². The van der Waals surface area contributed by atoms with E-state index in [0.29, 0.717) is 16.9 Å². The van der Waals surface area contributed by atoms with Crippen molar-refractivity contribution in [2.75, 3.05) is 12.4 Å². The molecule has 1 aromatic heterocycles. The van der Waals surface area contributed by atoms with E-state index in [9.17, 15) is 9.59 Å². The van der Waals surface area contributed by atoms with Crippen LogP contribution in [-0.4, -0.2) is 34.0 Å². The summed E-state index contributed by atoms with van der Waals surface area (Å²) in [6, 6.07) is 12.8. The minimum Gasteiger partial charge on any atom is -0.457 e. The van der Waals surface area contributed by atoms with E-state index in [0.717, 1.165) is 16.8 Å². The molecule has 8 heteroatoms. The zero-order chi connectivity index (χ0) is 19.7. The van der Waals surface area contributed by atoms with E-state index < -0.39 is 11.9 Å². The molecule has 0 spiro atoms. The van der Waals surface area contributed by atoms with Gasteiger partial charge in [0.05, 0.1) is 17.9 Å². The lowest BCUT2D eigenvalue weighted by molar-refractivity contribution is 0.0535. The van der Waals surface area contributed by atoms with Crippen LogP contribution in [-0.2, 0) is 22.7 Å². The molecule has 1 amide bonds. The molecule has 0 saturated heterocycles. The quantitative estimate of drug-likeness (QED) is 0.686. The van der Waals surface area contributed by atoms with Crippen molar-refractivity contribution in [3.63, 3.8) is 0 Å². The molecular formula is C20H18N4O4. The van der Waals surface area contributed by atoms with Gasteiger partial charge in [0.15, 0.2) is 5.69 Å². The lowest BCUT2D eigenvalue weighted by Crippen LogP contribution is -2.16. The fourth-order valence-corrected chi connectivity index (χ4v) is 3.02. The molecule has 1 N–H and O–H groups in total. The van der Waals surface area contributed by atoms with Gasteiger partial charge in [-0.25, -0.2) is 9.48 Å². The fraction of sp³-hybridized carbons (Fsp3) is 0.200. The second-order valence-electron chi connectivity index (χ2n) is 6.47. The first-order chi connectivity index (χ1) is 13.6. The monoisotopic (exact) mass is 378 g/mol. The summed E-state index contributed by atoms with van der Waals surface area (Å²) in [5.41, 5.74) is 4.33. The largest absolute Gasteiger partial charge is 0.457 e. The number of cyclic esters (lactones) is 1. The molecule has 1 aliphatic heterocycles. The number of methoxy groups -OCH3 is 1. The van der Waals surface area contributed by atoms with Gasteiger partial charge in [-0.1, -0.05) is 29.0 Å². The van der Waals surface area contributed by atoms with Gasteiger partial charge in [0, 0.05) is 18.4 Å². The van der Waals surface area contributed by atoms with E-state index in [-0.39, 0.29) is 18.9 Å². The van der Waals surface area contributed by atoms with Crippen molar-refractivity contribution >= 4 is 17.6 Å². The molecule has 142 valence electrons. The Hall–Kier alpha value is -3.52. The number of rotatable bonds is 5. The number of nitrogens with one attached hydrogen (secondary N) is 1. The van der Waals surface area contributed by atoms with E-state index in [2.05, 4.69) is 15.6 Å². The highest BCUT2D eigenvalue weighted by Gasteiger charge is 2.24. The van der Waals surface area contributed by atoms with E-state index in [1.807, 2.05) is 31.2 Å². The second-order valence-corrected chi connectivity index (χ2v) is 6.47. The number of aromatic nitrogens is 3. The second kappa shape index (κ2) is 7.24. The number of ether oxygens (including phenoxy) is 2. The lowest BCUT2D eigenvalue weighted by Gasteiger charge is -2.08. The van der Waals surface area contributed by atoms with Crippen LogP contribution >= 0.6 is 0 Å². The molecule has 3 aromatic rings. The van der Waals surface area contributed by atoms with Crippen LogP contribution in [0, 0.1) is 6.92 Å². The zero-order valence-electron chi connectivity index (χ0n) is 15.4. The van der Waals surface area contributed by atoms with Gasteiger partial charge < -0.3 is 14.8 Å². The molecule has 28 heavy (non-hydrogen) atoms. The van der Waals surface area contributed by atoms with Gasteiger partial charge in [-0.2, -0.15) is 0 Å². The fourth-order valence-electron chi connectivity index (χ4n) is 3.02. The third-order valence-corrected chi connectivity index (χ3v) is 4.48. The minimum atomic E-state index is -0.434. The van der Waals surface area contributed by atoms with Crippen LogP contribution in [0.1, 0.15) is 37.7 Å². The van der Waals surface area contributed by atoms with E-state index in [1.165, 1.54) is 0 Å². The van der Waals surface area contributed by atoms with Gasteiger partial charge in [-0.05, 0) is 31.2 Å². The number of nitrogens with zero attached hydrogens (tertiary/aromatic N) is 3. The Morgan fingerprint density at radius 3 is 2.79 bits per heavy atom. The van der Waals surface area contributed by atoms with Gasteiger partial charge in [-0.3, -0.25) is 4.79 Å². The number of hydrogen-bond acceptors (Lipinski definition) is 6. The van der Waals surface area contributed by atoms with Crippen LogP contribution in [0.15, 0.2) is 42.5 Å². The van der Waals surface area contributed by atoms with Crippen molar-refractivity contribution < 1.29 is 19.1 Å². The number of carbonyl (C=O) groups is 2. The normalized spacial score (nSPS) is 12.6. The van der Waals surface area contributed by atoms with Crippen molar-refractivity contribution in [1.82, 2.24) is 15.0 Å². The van der Waals surface area contributed by atoms with Gasteiger partial charge in [0.2, 0.25) is 0 Å².